The van der Waals surface area contributed by atoms with Crippen LogP contribution in [0.5, 0.6) is 0 Å². The molecular formula is C58H105N2O7P. The Hall–Kier alpha value is -2.55. The van der Waals surface area contributed by atoms with Gasteiger partial charge in [0.05, 0.1) is 33.8 Å². The van der Waals surface area contributed by atoms with Crippen LogP contribution >= 0.6 is 7.82 Å². The van der Waals surface area contributed by atoms with Crippen molar-refractivity contribution in [1.29, 1.82) is 0 Å². The summed E-state index contributed by atoms with van der Waals surface area (Å²) in [6, 6.07) is -0.900. The van der Waals surface area contributed by atoms with Crippen molar-refractivity contribution in [3.63, 3.8) is 0 Å². The van der Waals surface area contributed by atoms with Gasteiger partial charge in [0.1, 0.15) is 19.3 Å². The largest absolute Gasteiger partial charge is 0.756 e. The Morgan fingerprint density at radius 1 is 0.529 bits per heavy atom. The number of nitrogens with zero attached hydrogens (tertiary/aromatic N) is 1. The van der Waals surface area contributed by atoms with E-state index in [-0.39, 0.29) is 24.9 Å². The van der Waals surface area contributed by atoms with Gasteiger partial charge in [-0.05, 0) is 76.7 Å². The van der Waals surface area contributed by atoms with Gasteiger partial charge in [0.15, 0.2) is 0 Å². The maximum atomic E-state index is 13.4. The number of phosphoric ester groups is 1. The molecule has 3 atom stereocenters. The van der Waals surface area contributed by atoms with E-state index in [9.17, 15) is 19.0 Å². The van der Waals surface area contributed by atoms with Gasteiger partial charge in [-0.15, -0.1) is 0 Å². The first-order valence-corrected chi connectivity index (χ1v) is 29.2. The zero-order chi connectivity index (χ0) is 50.1. The number of hydrogen-bond donors (Lipinski definition) is 1. The van der Waals surface area contributed by atoms with E-state index in [2.05, 4.69) is 86.8 Å². The Morgan fingerprint density at radius 3 is 1.43 bits per heavy atom. The van der Waals surface area contributed by atoms with Gasteiger partial charge in [-0.2, -0.15) is 0 Å². The summed E-state index contributed by atoms with van der Waals surface area (Å²) in [4.78, 5) is 39.7. The molecule has 0 aromatic rings. The van der Waals surface area contributed by atoms with Gasteiger partial charge in [-0.25, -0.2) is 0 Å². The fourth-order valence-electron chi connectivity index (χ4n) is 7.61. The highest BCUT2D eigenvalue weighted by atomic mass is 31.2. The minimum atomic E-state index is -4.70. The third-order valence-electron chi connectivity index (χ3n) is 11.9. The molecule has 0 spiro atoms. The lowest BCUT2D eigenvalue weighted by Crippen LogP contribution is -2.47. The quantitative estimate of drug-likeness (QED) is 0.0212. The summed E-state index contributed by atoms with van der Waals surface area (Å²) in [5.41, 5.74) is 0. The smallest absolute Gasteiger partial charge is 0.306 e. The van der Waals surface area contributed by atoms with Gasteiger partial charge >= 0.3 is 5.97 Å². The predicted molar refractivity (Wildman–Crippen MR) is 288 cm³/mol. The minimum absolute atomic E-state index is 0.0294. The van der Waals surface area contributed by atoms with Crippen LogP contribution < -0.4 is 10.2 Å². The van der Waals surface area contributed by atoms with E-state index in [1.54, 1.807) is 0 Å². The molecule has 3 unspecified atom stereocenters. The van der Waals surface area contributed by atoms with Gasteiger partial charge < -0.3 is 28.5 Å². The number of quaternary nitrogens is 1. The number of carbonyl (C=O) groups is 2. The number of esters is 1. The van der Waals surface area contributed by atoms with E-state index in [1.807, 2.05) is 33.3 Å². The van der Waals surface area contributed by atoms with Crippen LogP contribution in [0.25, 0.3) is 0 Å². The molecule has 9 nitrogen and oxygen atoms in total. The summed E-state index contributed by atoms with van der Waals surface area (Å²) in [5.74, 6) is -0.581. The molecule has 0 radical (unpaired) electrons. The molecule has 0 saturated heterocycles. The molecule has 0 bridgehead atoms. The van der Waals surface area contributed by atoms with E-state index in [1.165, 1.54) is 103 Å². The molecule has 0 aromatic heterocycles. The number of carbonyl (C=O) groups excluding carboxylic acids is 2. The molecule has 10 heteroatoms. The topological polar surface area (TPSA) is 114 Å². The highest BCUT2D eigenvalue weighted by Crippen LogP contribution is 2.38. The van der Waals surface area contributed by atoms with Crippen molar-refractivity contribution < 1.29 is 37.3 Å². The number of rotatable bonds is 49. The molecule has 0 aliphatic heterocycles. The maximum absolute atomic E-state index is 13.4. The van der Waals surface area contributed by atoms with Crippen LogP contribution in [-0.4, -0.2) is 69.4 Å². The van der Waals surface area contributed by atoms with Crippen LogP contribution in [0.15, 0.2) is 72.9 Å². The second kappa shape index (κ2) is 48.1. The molecular weight excluding hydrogens is 868 g/mol. The van der Waals surface area contributed by atoms with E-state index in [4.69, 9.17) is 13.8 Å². The van der Waals surface area contributed by atoms with E-state index < -0.39 is 26.6 Å². The fourth-order valence-corrected chi connectivity index (χ4v) is 8.33. The van der Waals surface area contributed by atoms with Crippen LogP contribution in [0.4, 0.5) is 0 Å². The lowest BCUT2D eigenvalue weighted by atomic mass is 10.0. The SMILES string of the molecule is CC/C=C\C/C=C\C/C=C\C/C=C\C/C=C\CCCCCC(=O)OC(/C=C/CCCCCCCCCCCC)C(COP(=O)([O-])OCC[N+](C)(C)C)NC(=O)CCCCCCCCCCCCC. The third-order valence-corrected chi connectivity index (χ3v) is 12.9. The molecule has 1 amide bonds. The Bertz CT molecular complexity index is 1400. The second-order valence-electron chi connectivity index (χ2n) is 19.7. The number of ether oxygens (including phenoxy) is 1. The summed E-state index contributed by atoms with van der Waals surface area (Å²) in [5, 5.41) is 3.00. The molecule has 0 aromatic carbocycles. The summed E-state index contributed by atoms with van der Waals surface area (Å²) < 4.78 is 30.1. The Balaban J connectivity index is 5.40. The highest BCUT2D eigenvalue weighted by molar-refractivity contribution is 7.45. The first-order chi connectivity index (χ1) is 32.9. The van der Waals surface area contributed by atoms with Crippen LogP contribution in [0.3, 0.4) is 0 Å². The van der Waals surface area contributed by atoms with Gasteiger partial charge in [0, 0.05) is 12.8 Å². The van der Waals surface area contributed by atoms with Crippen molar-refractivity contribution in [3.8, 4) is 0 Å². The van der Waals surface area contributed by atoms with Crippen LogP contribution in [0, 0.1) is 0 Å². The first-order valence-electron chi connectivity index (χ1n) is 27.7. The highest BCUT2D eigenvalue weighted by Gasteiger charge is 2.27. The van der Waals surface area contributed by atoms with Crippen LogP contribution in [0.2, 0.25) is 0 Å². The summed E-state index contributed by atoms with van der Waals surface area (Å²) in [6.07, 6.45) is 60.1. The fraction of sp³-hybridized carbons (Fsp3) is 0.759. The number of unbranched alkanes of at least 4 members (excludes halogenated alkanes) is 23. The molecule has 394 valence electrons. The van der Waals surface area contributed by atoms with Crippen molar-refractivity contribution in [3.05, 3.63) is 72.9 Å². The standard InChI is InChI=1S/C58H105N2O7P/c1-7-10-13-16-19-22-25-27-28-29-30-31-32-33-36-39-42-45-48-51-58(62)67-56(49-46-43-40-37-35-26-23-20-17-14-11-8-2)55(54-66-68(63,64)65-53-52-60(4,5)6)59-57(61)50-47-44-41-38-34-24-21-18-15-12-9-3/h10,13,19,22,27-28,30-31,33,36,46,49,55-56H,7-9,11-12,14-18,20-21,23-26,29,32,34-35,37-45,47-48,50-54H2,1-6H3,(H-,59,61,63,64)/b13-10-,22-19-,28-27-,31-30-,36-33-,49-46+. The average Bonchev–Trinajstić information content (AvgIpc) is 3.29. The Kier molecular flexibility index (Phi) is 46.3. The number of hydrogen-bond acceptors (Lipinski definition) is 7. The minimum Gasteiger partial charge on any atom is -0.756 e. The first kappa shape index (κ1) is 65.5. The Labute approximate surface area is 419 Å². The predicted octanol–water partition coefficient (Wildman–Crippen LogP) is 15.9. The number of likely N-dealkylation sites (N-methyl/N-ethyl adjacent to an activating group) is 1. The molecule has 68 heavy (non-hydrogen) atoms. The molecule has 0 aliphatic rings. The van der Waals surface area contributed by atoms with Gasteiger partial charge in [0.2, 0.25) is 5.91 Å². The lowest BCUT2D eigenvalue weighted by Gasteiger charge is -2.30. The molecule has 0 fully saturated rings. The lowest BCUT2D eigenvalue weighted by molar-refractivity contribution is -0.870. The Morgan fingerprint density at radius 2 is 0.941 bits per heavy atom. The number of nitrogens with one attached hydrogen (secondary N) is 1. The van der Waals surface area contributed by atoms with E-state index >= 15 is 0 Å². The van der Waals surface area contributed by atoms with Gasteiger partial charge in [-0.1, -0.05) is 216 Å². The third kappa shape index (κ3) is 48.5. The van der Waals surface area contributed by atoms with Crippen molar-refractivity contribution in [1.82, 2.24) is 5.32 Å². The van der Waals surface area contributed by atoms with Gasteiger partial charge in [-0.3, -0.25) is 14.2 Å². The summed E-state index contributed by atoms with van der Waals surface area (Å²) in [6.45, 7) is 6.68. The maximum Gasteiger partial charge on any atom is 0.306 e. The number of amides is 1. The van der Waals surface area contributed by atoms with Gasteiger partial charge in [0.25, 0.3) is 7.82 Å². The van der Waals surface area contributed by atoms with Crippen LogP contribution in [-0.2, 0) is 27.9 Å². The van der Waals surface area contributed by atoms with E-state index in [0.717, 1.165) is 89.9 Å². The molecule has 0 aliphatic carbocycles. The molecule has 0 saturated carbocycles. The number of phosphoric acid groups is 1. The molecule has 0 rings (SSSR count). The summed E-state index contributed by atoms with van der Waals surface area (Å²) >= 11 is 0. The molecule has 1 N–H and O–H groups in total. The van der Waals surface area contributed by atoms with Crippen molar-refractivity contribution in [2.75, 3.05) is 40.9 Å². The van der Waals surface area contributed by atoms with Crippen molar-refractivity contribution in [2.45, 2.75) is 245 Å². The van der Waals surface area contributed by atoms with Crippen molar-refractivity contribution >= 4 is 19.7 Å². The molecule has 0 heterocycles. The van der Waals surface area contributed by atoms with Crippen LogP contribution in [0.1, 0.15) is 233 Å². The zero-order valence-electron chi connectivity index (χ0n) is 44.8. The van der Waals surface area contributed by atoms with E-state index in [0.29, 0.717) is 23.9 Å². The van der Waals surface area contributed by atoms with Crippen molar-refractivity contribution in [2.24, 2.45) is 0 Å². The number of allylic oxidation sites excluding steroid dienone is 11. The monoisotopic (exact) mass is 973 g/mol. The normalized spacial score (nSPS) is 14.4. The zero-order valence-corrected chi connectivity index (χ0v) is 45.7. The average molecular weight is 973 g/mol. The summed E-state index contributed by atoms with van der Waals surface area (Å²) in [7, 11) is 1.16. The second-order valence-corrected chi connectivity index (χ2v) is 21.1.